The van der Waals surface area contributed by atoms with E-state index in [0.717, 1.165) is 11.1 Å². The van der Waals surface area contributed by atoms with E-state index in [1.54, 1.807) is 13.1 Å². The van der Waals surface area contributed by atoms with Gasteiger partial charge in [-0.3, -0.25) is 0 Å². The highest BCUT2D eigenvalue weighted by molar-refractivity contribution is 7.89. The number of aryl methyl sites for hydroxylation is 1. The summed E-state index contributed by atoms with van der Waals surface area (Å²) in [4.78, 5) is 0.468. The molecule has 1 aliphatic rings. The van der Waals surface area contributed by atoms with Crippen LogP contribution in [0.1, 0.15) is 11.1 Å². The monoisotopic (exact) mass is 197 g/mol. The Kier molecular flexibility index (Phi) is 1.72. The summed E-state index contributed by atoms with van der Waals surface area (Å²) >= 11 is 0. The third-order valence-corrected chi connectivity index (χ3v) is 4.19. The molecule has 0 N–H and O–H groups in total. The molecule has 1 aliphatic heterocycles. The number of nitrogens with zero attached hydrogens (tertiary/aromatic N) is 1. The van der Waals surface area contributed by atoms with Gasteiger partial charge in [0.05, 0.1) is 4.90 Å². The first-order chi connectivity index (χ1) is 6.01. The molecule has 0 unspecified atom stereocenters. The van der Waals surface area contributed by atoms with E-state index in [0.29, 0.717) is 11.4 Å². The summed E-state index contributed by atoms with van der Waals surface area (Å²) in [7, 11) is -1.57. The topological polar surface area (TPSA) is 37.4 Å². The lowest BCUT2D eigenvalue weighted by Crippen LogP contribution is -2.18. The van der Waals surface area contributed by atoms with Crippen LogP contribution in [0.25, 0.3) is 0 Å². The van der Waals surface area contributed by atoms with Crippen molar-refractivity contribution in [1.82, 2.24) is 4.31 Å². The smallest absolute Gasteiger partial charge is 0.207 e. The fraction of sp³-hybridized carbons (Fsp3) is 0.333. The van der Waals surface area contributed by atoms with Crippen molar-refractivity contribution in [2.24, 2.45) is 0 Å². The van der Waals surface area contributed by atoms with E-state index in [1.165, 1.54) is 4.31 Å². The van der Waals surface area contributed by atoms with Crippen LogP contribution in [0, 0.1) is 6.92 Å². The van der Waals surface area contributed by atoms with Crippen LogP contribution in [0.2, 0.25) is 0 Å². The summed E-state index contributed by atoms with van der Waals surface area (Å²) in [6, 6.07) is 5.55. The van der Waals surface area contributed by atoms with E-state index >= 15 is 0 Å². The molecule has 0 aliphatic carbocycles. The Morgan fingerprint density at radius 2 is 2.08 bits per heavy atom. The van der Waals surface area contributed by atoms with Gasteiger partial charge in [-0.05, 0) is 24.1 Å². The number of hydrogen-bond donors (Lipinski definition) is 0. The van der Waals surface area contributed by atoms with Gasteiger partial charge in [-0.2, -0.15) is 4.31 Å². The van der Waals surface area contributed by atoms with E-state index in [2.05, 4.69) is 0 Å². The predicted molar refractivity (Wildman–Crippen MR) is 49.8 cm³/mol. The Morgan fingerprint density at radius 1 is 1.38 bits per heavy atom. The second-order valence-electron chi connectivity index (χ2n) is 3.37. The molecule has 0 fully saturated rings. The maximum atomic E-state index is 11.7. The van der Waals surface area contributed by atoms with Gasteiger partial charge >= 0.3 is 0 Å². The predicted octanol–water partition coefficient (Wildman–Crippen LogP) is 1.13. The molecule has 1 aromatic carbocycles. The third kappa shape index (κ3) is 1.17. The molecule has 4 heteroatoms. The first-order valence-corrected chi connectivity index (χ1v) is 5.52. The van der Waals surface area contributed by atoms with Crippen molar-refractivity contribution < 1.29 is 8.42 Å². The Labute approximate surface area is 78.0 Å². The molecule has 0 radical (unpaired) electrons. The van der Waals surface area contributed by atoms with Gasteiger partial charge in [0, 0.05) is 13.6 Å². The molecule has 2 rings (SSSR count). The van der Waals surface area contributed by atoms with Crippen LogP contribution in [0.5, 0.6) is 0 Å². The summed E-state index contributed by atoms with van der Waals surface area (Å²) < 4.78 is 24.7. The highest BCUT2D eigenvalue weighted by atomic mass is 32.2. The van der Waals surface area contributed by atoms with Crippen molar-refractivity contribution >= 4 is 10.0 Å². The van der Waals surface area contributed by atoms with Gasteiger partial charge in [-0.25, -0.2) is 8.42 Å². The second kappa shape index (κ2) is 2.56. The maximum absolute atomic E-state index is 11.7. The Balaban J connectivity index is 2.71. The minimum absolute atomic E-state index is 0.468. The van der Waals surface area contributed by atoms with Gasteiger partial charge in [0.2, 0.25) is 10.0 Å². The zero-order valence-corrected chi connectivity index (χ0v) is 8.43. The number of fused-ring (bicyclic) bond motifs is 1. The summed E-state index contributed by atoms with van der Waals surface area (Å²) in [6.07, 6.45) is 0. The Morgan fingerprint density at radius 3 is 2.77 bits per heavy atom. The van der Waals surface area contributed by atoms with Crippen molar-refractivity contribution in [2.75, 3.05) is 7.05 Å². The molecule has 70 valence electrons. The number of benzene rings is 1. The molecule has 13 heavy (non-hydrogen) atoms. The van der Waals surface area contributed by atoms with Gasteiger partial charge in [-0.1, -0.05) is 12.1 Å². The fourth-order valence-corrected chi connectivity index (χ4v) is 2.97. The molecule has 0 amide bonds. The van der Waals surface area contributed by atoms with Gasteiger partial charge in [0.25, 0.3) is 0 Å². The number of hydrogen-bond acceptors (Lipinski definition) is 2. The summed E-state index contributed by atoms with van der Waals surface area (Å²) in [5.41, 5.74) is 1.88. The van der Waals surface area contributed by atoms with Crippen molar-refractivity contribution in [1.29, 1.82) is 0 Å². The quantitative estimate of drug-likeness (QED) is 0.625. The first-order valence-electron chi connectivity index (χ1n) is 4.08. The standard InChI is InChI=1S/C9H11NO2S/c1-7-3-4-8-6-10(2)13(11,12)9(8)5-7/h3-5H,6H2,1-2H3. The van der Waals surface area contributed by atoms with Crippen LogP contribution >= 0.6 is 0 Å². The van der Waals surface area contributed by atoms with E-state index < -0.39 is 10.0 Å². The van der Waals surface area contributed by atoms with Gasteiger partial charge in [-0.15, -0.1) is 0 Å². The van der Waals surface area contributed by atoms with Crippen LogP contribution in [-0.2, 0) is 16.6 Å². The minimum atomic E-state index is -3.17. The second-order valence-corrected chi connectivity index (χ2v) is 5.39. The molecule has 0 saturated heterocycles. The zero-order chi connectivity index (χ0) is 9.64. The fourth-order valence-electron chi connectivity index (χ4n) is 1.53. The van der Waals surface area contributed by atoms with Crippen LogP contribution in [-0.4, -0.2) is 19.8 Å². The molecular weight excluding hydrogens is 186 g/mol. The normalized spacial score (nSPS) is 20.2. The molecule has 0 bridgehead atoms. The number of sulfonamides is 1. The van der Waals surface area contributed by atoms with E-state index in [-0.39, 0.29) is 0 Å². The summed E-state index contributed by atoms with van der Waals surface area (Å²) in [6.45, 7) is 2.39. The average Bonchev–Trinajstić information content (AvgIpc) is 2.27. The van der Waals surface area contributed by atoms with Crippen LogP contribution in [0.4, 0.5) is 0 Å². The lowest BCUT2D eigenvalue weighted by molar-refractivity contribution is 0.488. The molecule has 1 aromatic rings. The molecule has 0 saturated carbocycles. The molecule has 0 aromatic heterocycles. The lowest BCUT2D eigenvalue weighted by atomic mass is 10.1. The lowest BCUT2D eigenvalue weighted by Gasteiger charge is -2.04. The maximum Gasteiger partial charge on any atom is 0.243 e. The third-order valence-electron chi connectivity index (χ3n) is 2.30. The van der Waals surface area contributed by atoms with Crippen molar-refractivity contribution in [3.8, 4) is 0 Å². The van der Waals surface area contributed by atoms with Crippen molar-refractivity contribution in [3.63, 3.8) is 0 Å². The van der Waals surface area contributed by atoms with E-state index in [4.69, 9.17) is 0 Å². The zero-order valence-electron chi connectivity index (χ0n) is 7.61. The summed E-state index contributed by atoms with van der Waals surface area (Å²) in [5, 5.41) is 0. The van der Waals surface area contributed by atoms with Crippen LogP contribution in [0.3, 0.4) is 0 Å². The Hall–Kier alpha value is -0.870. The van der Waals surface area contributed by atoms with Crippen LogP contribution < -0.4 is 0 Å². The van der Waals surface area contributed by atoms with Gasteiger partial charge in [0.15, 0.2) is 0 Å². The highest BCUT2D eigenvalue weighted by Gasteiger charge is 2.31. The SMILES string of the molecule is Cc1ccc2c(c1)S(=O)(=O)N(C)C2. The van der Waals surface area contributed by atoms with Crippen LogP contribution in [0.15, 0.2) is 23.1 Å². The van der Waals surface area contributed by atoms with Crippen molar-refractivity contribution in [2.45, 2.75) is 18.4 Å². The van der Waals surface area contributed by atoms with Gasteiger partial charge in [0.1, 0.15) is 0 Å². The van der Waals surface area contributed by atoms with E-state index in [1.807, 2.05) is 19.1 Å². The molecular formula is C9H11NO2S. The molecule has 1 heterocycles. The highest BCUT2D eigenvalue weighted by Crippen LogP contribution is 2.29. The minimum Gasteiger partial charge on any atom is -0.207 e. The molecule has 3 nitrogen and oxygen atoms in total. The number of rotatable bonds is 0. The van der Waals surface area contributed by atoms with E-state index in [9.17, 15) is 8.42 Å². The Bertz CT molecular complexity index is 451. The first kappa shape index (κ1) is 8.72. The average molecular weight is 197 g/mol. The summed E-state index contributed by atoms with van der Waals surface area (Å²) in [5.74, 6) is 0. The molecule has 0 atom stereocenters. The largest absolute Gasteiger partial charge is 0.243 e. The molecule has 0 spiro atoms. The van der Waals surface area contributed by atoms with Crippen molar-refractivity contribution in [3.05, 3.63) is 29.3 Å². The van der Waals surface area contributed by atoms with Gasteiger partial charge < -0.3 is 0 Å².